The van der Waals surface area contributed by atoms with Crippen LogP contribution in [0.25, 0.3) is 265 Å². The summed E-state index contributed by atoms with van der Waals surface area (Å²) in [5.74, 6) is 0.780. The second-order valence-corrected chi connectivity index (χ2v) is 32.0. The fourth-order valence-electron chi connectivity index (χ4n) is 20.0. The van der Waals surface area contributed by atoms with Crippen molar-refractivity contribution in [2.75, 3.05) is 0 Å². The molecule has 0 atom stereocenters. The van der Waals surface area contributed by atoms with Gasteiger partial charge in [0, 0.05) is 80.2 Å². The second kappa shape index (κ2) is 28.1. The fourth-order valence-corrected chi connectivity index (χ4v) is 20.0. The minimum absolute atomic E-state index is 0.780. The number of fused-ring (bicyclic) bond motifs is 20. The van der Waals surface area contributed by atoms with Gasteiger partial charge in [-0.15, -0.1) is 0 Å². The molecule has 24 aromatic rings. The van der Waals surface area contributed by atoms with Crippen LogP contribution in [0.1, 0.15) is 0 Å². The summed E-state index contributed by atoms with van der Waals surface area (Å²) in [7, 11) is 0. The molecule has 0 fully saturated rings. The molecule has 0 amide bonds. The van der Waals surface area contributed by atoms with Crippen molar-refractivity contribution in [3.05, 3.63) is 407 Å². The van der Waals surface area contributed by atoms with Crippen LogP contribution in [0, 0.1) is 0 Å². The zero-order valence-electron chi connectivity index (χ0n) is 66.2. The minimum Gasteiger partial charge on any atom is -0.443 e. The molecule has 0 N–H and O–H groups in total. The van der Waals surface area contributed by atoms with Gasteiger partial charge in [0.05, 0.1) is 27.9 Å². The van der Waals surface area contributed by atoms with Crippen LogP contribution in [0.3, 0.4) is 0 Å². The van der Waals surface area contributed by atoms with E-state index in [0.717, 1.165) is 83.1 Å². The van der Waals surface area contributed by atoms with Crippen LogP contribution in [0.5, 0.6) is 0 Å². The molecule has 8 heteroatoms. The molecule has 568 valence electrons. The number of oxazole rings is 1. The molecule has 4 aliphatic carbocycles. The smallest absolute Gasteiger partial charge is 0.182 e. The van der Waals surface area contributed by atoms with Gasteiger partial charge in [-0.05, 0) is 231 Å². The normalized spacial score (nSPS) is 11.9. The van der Waals surface area contributed by atoms with E-state index in [1.54, 1.807) is 12.4 Å². The summed E-state index contributed by atoms with van der Waals surface area (Å²) in [6.45, 7) is 0. The van der Waals surface area contributed by atoms with Gasteiger partial charge in [0.15, 0.2) is 17.8 Å². The van der Waals surface area contributed by atoms with Gasteiger partial charge in [0.1, 0.15) is 5.52 Å². The zero-order valence-corrected chi connectivity index (χ0v) is 66.2. The van der Waals surface area contributed by atoms with Crippen molar-refractivity contribution in [3.63, 3.8) is 0 Å². The van der Waals surface area contributed by atoms with Gasteiger partial charge >= 0.3 is 0 Å². The van der Waals surface area contributed by atoms with Gasteiger partial charge in [-0.25, -0.2) is 24.9 Å². The SMILES string of the molecule is c1ccc(-c2ccc3c(c2)-c2ccc(-c4cccc5ncoc45)c4cccc-3c24)cc1.c1ccc2c(c1)-c1cccc3c(-c4cc(-c5ccc6ccc7cccnc7c6n5)c5cnccc5c4)ccc-2c13.c1ccc2c(c1)-c1cccc3c(-c4ccc5ccc6ccccc6c5n4)ccc-2c13.c1cnc(-c2ccc3c4c(cccc24)-c2ccccc2-3)nc1. The Balaban J connectivity index is 0.0000000919. The van der Waals surface area contributed by atoms with Gasteiger partial charge in [-0.1, -0.05) is 309 Å². The molecule has 0 aliphatic heterocycles. The molecule has 28 rings (SSSR count). The summed E-state index contributed by atoms with van der Waals surface area (Å²) in [5.41, 5.74) is 38.1. The number of nitrogens with zero attached hydrogens (tertiary/aromatic N) is 7. The van der Waals surface area contributed by atoms with E-state index >= 15 is 0 Å². The van der Waals surface area contributed by atoms with E-state index in [1.807, 2.05) is 42.9 Å². The Hall–Kier alpha value is -16.6. The van der Waals surface area contributed by atoms with Crippen LogP contribution >= 0.6 is 0 Å². The molecule has 18 aromatic carbocycles. The predicted octanol–water partition coefficient (Wildman–Crippen LogP) is 30.2. The molecule has 0 radical (unpaired) electrons. The molecule has 0 unspecified atom stereocenters. The molecule has 6 aromatic heterocycles. The third kappa shape index (κ3) is 11.1. The van der Waals surface area contributed by atoms with Crippen LogP contribution in [0.15, 0.2) is 412 Å². The Morgan fingerprint density at radius 2 is 0.626 bits per heavy atom. The maximum atomic E-state index is 5.74. The molecule has 4 aliphatic rings. The van der Waals surface area contributed by atoms with Crippen molar-refractivity contribution in [3.8, 4) is 156 Å². The fraction of sp³-hybridized carbons (Fsp3) is 0. The first-order valence-corrected chi connectivity index (χ1v) is 41.7. The maximum absolute atomic E-state index is 5.74. The van der Waals surface area contributed by atoms with E-state index in [1.165, 1.54) is 188 Å². The lowest BCUT2D eigenvalue weighted by molar-refractivity contribution is 0.603. The van der Waals surface area contributed by atoms with Crippen LogP contribution in [-0.2, 0) is 0 Å². The molecule has 6 heterocycles. The molecule has 0 bridgehead atoms. The van der Waals surface area contributed by atoms with Gasteiger partial charge in [-0.3, -0.25) is 9.97 Å². The number of hydrogen-bond acceptors (Lipinski definition) is 8. The molecule has 123 heavy (non-hydrogen) atoms. The van der Waals surface area contributed by atoms with Crippen LogP contribution in [0.4, 0.5) is 0 Å². The number of rotatable bonds is 6. The summed E-state index contributed by atoms with van der Waals surface area (Å²) in [5, 5.41) is 18.3. The monoisotopic (exact) mass is 1560 g/mol. The standard InChI is InChI=1S/C37H21N3.C29H17NO.C29H17N.C20H12N2/c1-2-7-28-27(6-1)30-9-3-8-29-26(13-14-31(28)35(29)30)25-19-24-16-18-38-21-33(24)32(20-25)34-15-12-23-11-10-22-5-4-17-39-36(22)37(23)40-34;1-2-6-18(7-3-1)19-12-13-21-23-9-4-8-22-20(14-15-24(28(22)23)26(21)16-19)25-10-5-11-27-29(25)31-17-30-27;1-2-7-20-18(6-1)12-13-19-14-17-27(30-29(19)20)23-15-16-26-22-9-4-3-8-21(22)24-10-5-11-25(23)28(24)26;1-2-6-14-13(5-1)15-7-3-8-16-18(10-9-17(14)19(15)16)20-21-11-4-12-22-20/h1-21H;1-17H;1-17H;1-12H. The third-order valence-electron chi connectivity index (χ3n) is 25.5. The lowest BCUT2D eigenvalue weighted by Gasteiger charge is -2.14. The minimum atomic E-state index is 0.780. The second-order valence-electron chi connectivity index (χ2n) is 32.0. The molecule has 8 nitrogen and oxygen atoms in total. The zero-order chi connectivity index (χ0) is 80.7. The van der Waals surface area contributed by atoms with Gasteiger partial charge in [-0.2, -0.15) is 0 Å². The summed E-state index contributed by atoms with van der Waals surface area (Å²) in [6, 6.07) is 132. The van der Waals surface area contributed by atoms with Crippen LogP contribution in [-0.4, -0.2) is 34.9 Å². The molecule has 0 saturated heterocycles. The van der Waals surface area contributed by atoms with Crippen molar-refractivity contribution < 1.29 is 4.42 Å². The van der Waals surface area contributed by atoms with Crippen molar-refractivity contribution in [2.45, 2.75) is 0 Å². The Kier molecular flexibility index (Phi) is 15.9. The molecular weight excluding hydrogens is 1500 g/mol. The highest BCUT2D eigenvalue weighted by molar-refractivity contribution is 6.24. The van der Waals surface area contributed by atoms with Crippen molar-refractivity contribution in [1.82, 2.24) is 34.9 Å². The Morgan fingerprint density at radius 3 is 1.28 bits per heavy atom. The molecule has 0 spiro atoms. The maximum Gasteiger partial charge on any atom is 0.182 e. The van der Waals surface area contributed by atoms with E-state index in [4.69, 9.17) is 14.4 Å². The van der Waals surface area contributed by atoms with Gasteiger partial charge in [0.25, 0.3) is 0 Å². The first-order valence-electron chi connectivity index (χ1n) is 41.7. The number of para-hydroxylation sites is 1. The summed E-state index contributed by atoms with van der Waals surface area (Å²) < 4.78 is 5.74. The Morgan fingerprint density at radius 1 is 0.195 bits per heavy atom. The predicted molar refractivity (Wildman–Crippen MR) is 508 cm³/mol. The highest BCUT2D eigenvalue weighted by atomic mass is 16.3. The molecule has 0 saturated carbocycles. The summed E-state index contributed by atoms with van der Waals surface area (Å²) in [4.78, 5) is 32.7. The number of pyridine rings is 4. The van der Waals surface area contributed by atoms with Crippen LogP contribution < -0.4 is 0 Å². The van der Waals surface area contributed by atoms with E-state index in [0.29, 0.717) is 0 Å². The highest BCUT2D eigenvalue weighted by Gasteiger charge is 2.29. The lowest BCUT2D eigenvalue weighted by atomic mass is 9.91. The third-order valence-corrected chi connectivity index (χ3v) is 25.5. The van der Waals surface area contributed by atoms with Crippen molar-refractivity contribution in [1.29, 1.82) is 0 Å². The van der Waals surface area contributed by atoms with E-state index in [2.05, 4.69) is 371 Å². The van der Waals surface area contributed by atoms with E-state index in [9.17, 15) is 0 Å². The largest absolute Gasteiger partial charge is 0.443 e. The first-order chi connectivity index (χ1) is 61.0. The number of hydrogen-bond donors (Lipinski definition) is 0. The van der Waals surface area contributed by atoms with Gasteiger partial charge in [0.2, 0.25) is 0 Å². The molecular formula is C115H67N7O. The van der Waals surface area contributed by atoms with E-state index < -0.39 is 0 Å². The van der Waals surface area contributed by atoms with Crippen LogP contribution in [0.2, 0.25) is 0 Å². The first kappa shape index (κ1) is 69.6. The topological polar surface area (TPSA) is 103 Å². The summed E-state index contributed by atoms with van der Waals surface area (Å²) in [6.07, 6.45) is 10.8. The van der Waals surface area contributed by atoms with Crippen molar-refractivity contribution >= 4 is 108 Å². The Labute approximate surface area is 706 Å². The highest BCUT2D eigenvalue weighted by Crippen LogP contribution is 2.55. The van der Waals surface area contributed by atoms with E-state index in [-0.39, 0.29) is 0 Å². The number of aromatic nitrogens is 7. The summed E-state index contributed by atoms with van der Waals surface area (Å²) >= 11 is 0. The average molecular weight is 1560 g/mol. The Bertz CT molecular complexity index is 8500. The number of benzene rings is 18. The van der Waals surface area contributed by atoms with Crippen molar-refractivity contribution in [2.24, 2.45) is 0 Å². The average Bonchev–Trinajstić information content (AvgIpc) is 1.63. The quantitative estimate of drug-likeness (QED) is 0.152. The van der Waals surface area contributed by atoms with Gasteiger partial charge < -0.3 is 4.42 Å². The lowest BCUT2D eigenvalue weighted by Crippen LogP contribution is -1.92.